The summed E-state index contributed by atoms with van der Waals surface area (Å²) in [7, 11) is 1.58. The van der Waals surface area contributed by atoms with Crippen LogP contribution in [0.4, 0.5) is 10.5 Å². The van der Waals surface area contributed by atoms with Gasteiger partial charge in [0, 0.05) is 24.7 Å². The lowest BCUT2D eigenvalue weighted by molar-refractivity contribution is 0.252. The molecule has 4 nitrogen and oxygen atoms in total. The number of unbranched alkanes of at least 4 members (excludes halogenated alkanes) is 1. The SMILES string of the molecule is C#CCCCNC(=O)Nc1cccc(OC)c1. The Morgan fingerprint density at radius 2 is 2.35 bits per heavy atom. The highest BCUT2D eigenvalue weighted by atomic mass is 16.5. The summed E-state index contributed by atoms with van der Waals surface area (Å²) in [6, 6.07) is 6.93. The number of benzene rings is 1. The van der Waals surface area contributed by atoms with Gasteiger partial charge in [-0.1, -0.05) is 6.07 Å². The molecule has 0 heterocycles. The second kappa shape index (κ2) is 7.18. The molecule has 0 aliphatic heterocycles. The molecule has 0 unspecified atom stereocenters. The lowest BCUT2D eigenvalue weighted by Gasteiger charge is -2.08. The molecule has 0 aliphatic carbocycles. The third kappa shape index (κ3) is 4.94. The Morgan fingerprint density at radius 3 is 3.06 bits per heavy atom. The molecule has 0 atom stereocenters. The molecule has 1 aromatic rings. The topological polar surface area (TPSA) is 50.4 Å². The molecular weight excluding hydrogens is 216 g/mol. The zero-order valence-corrected chi connectivity index (χ0v) is 9.82. The number of methoxy groups -OCH3 is 1. The second-order valence-corrected chi connectivity index (χ2v) is 3.42. The molecule has 0 radical (unpaired) electrons. The van der Waals surface area contributed by atoms with Gasteiger partial charge >= 0.3 is 6.03 Å². The molecule has 0 spiro atoms. The predicted octanol–water partition coefficient (Wildman–Crippen LogP) is 2.23. The van der Waals surface area contributed by atoms with E-state index in [-0.39, 0.29) is 6.03 Å². The minimum atomic E-state index is -0.240. The highest BCUT2D eigenvalue weighted by molar-refractivity contribution is 5.89. The molecule has 0 bridgehead atoms. The maximum atomic E-state index is 11.5. The quantitative estimate of drug-likeness (QED) is 0.604. The Bertz CT molecular complexity index is 410. The number of urea groups is 1. The van der Waals surface area contributed by atoms with Crippen LogP contribution in [0.15, 0.2) is 24.3 Å². The van der Waals surface area contributed by atoms with E-state index >= 15 is 0 Å². The summed E-state index contributed by atoms with van der Waals surface area (Å²) >= 11 is 0. The Balaban J connectivity index is 2.37. The molecule has 0 aromatic heterocycles. The number of carbonyl (C=O) groups is 1. The molecule has 4 heteroatoms. The smallest absolute Gasteiger partial charge is 0.319 e. The van der Waals surface area contributed by atoms with Crippen molar-refractivity contribution >= 4 is 11.7 Å². The standard InChI is InChI=1S/C13H16N2O2/c1-3-4-5-9-14-13(16)15-11-7-6-8-12(10-11)17-2/h1,6-8,10H,4-5,9H2,2H3,(H2,14,15,16). The average molecular weight is 232 g/mol. The van der Waals surface area contributed by atoms with Crippen LogP contribution in [0.3, 0.4) is 0 Å². The molecule has 2 N–H and O–H groups in total. The highest BCUT2D eigenvalue weighted by Crippen LogP contribution is 2.16. The third-order valence-corrected chi connectivity index (χ3v) is 2.11. The number of nitrogens with one attached hydrogen (secondary N) is 2. The van der Waals surface area contributed by atoms with Crippen molar-refractivity contribution in [3.63, 3.8) is 0 Å². The van der Waals surface area contributed by atoms with Crippen LogP contribution in [0.2, 0.25) is 0 Å². The molecule has 1 aromatic carbocycles. The number of ether oxygens (including phenoxy) is 1. The van der Waals surface area contributed by atoms with E-state index in [4.69, 9.17) is 11.2 Å². The summed E-state index contributed by atoms with van der Waals surface area (Å²) in [5.41, 5.74) is 0.693. The fraction of sp³-hybridized carbons (Fsp3) is 0.308. The van der Waals surface area contributed by atoms with E-state index in [9.17, 15) is 4.79 Å². The molecule has 90 valence electrons. The zero-order valence-electron chi connectivity index (χ0n) is 9.82. The minimum Gasteiger partial charge on any atom is -0.497 e. The lowest BCUT2D eigenvalue weighted by atomic mass is 10.3. The lowest BCUT2D eigenvalue weighted by Crippen LogP contribution is -2.29. The van der Waals surface area contributed by atoms with E-state index in [0.717, 1.165) is 6.42 Å². The highest BCUT2D eigenvalue weighted by Gasteiger charge is 2.01. The number of terminal acetylenes is 1. The van der Waals surface area contributed by atoms with Gasteiger partial charge in [-0.15, -0.1) is 12.3 Å². The number of amides is 2. The Labute approximate surface area is 101 Å². The van der Waals surface area contributed by atoms with Gasteiger partial charge < -0.3 is 15.4 Å². The van der Waals surface area contributed by atoms with Gasteiger partial charge in [0.1, 0.15) is 5.75 Å². The van der Waals surface area contributed by atoms with Crippen LogP contribution >= 0.6 is 0 Å². The van der Waals surface area contributed by atoms with E-state index in [2.05, 4.69) is 16.6 Å². The van der Waals surface area contributed by atoms with Crippen LogP contribution in [0, 0.1) is 12.3 Å². The summed E-state index contributed by atoms with van der Waals surface area (Å²) in [5, 5.41) is 5.43. The summed E-state index contributed by atoms with van der Waals surface area (Å²) in [5.74, 6) is 3.22. The van der Waals surface area contributed by atoms with Gasteiger partial charge in [0.2, 0.25) is 0 Å². The molecule has 2 amide bonds. The van der Waals surface area contributed by atoms with Crippen molar-refractivity contribution in [1.29, 1.82) is 0 Å². The zero-order chi connectivity index (χ0) is 12.5. The van der Waals surface area contributed by atoms with Crippen molar-refractivity contribution in [2.24, 2.45) is 0 Å². The number of hydrogen-bond donors (Lipinski definition) is 2. The van der Waals surface area contributed by atoms with Gasteiger partial charge in [-0.05, 0) is 18.6 Å². The van der Waals surface area contributed by atoms with Crippen LogP contribution in [0.25, 0.3) is 0 Å². The summed E-state index contributed by atoms with van der Waals surface area (Å²) in [6.07, 6.45) is 6.55. The first-order chi connectivity index (χ1) is 8.26. The normalized spacial score (nSPS) is 9.18. The first-order valence-corrected chi connectivity index (χ1v) is 5.38. The summed E-state index contributed by atoms with van der Waals surface area (Å²) in [4.78, 5) is 11.5. The molecule has 0 saturated heterocycles. The monoisotopic (exact) mass is 232 g/mol. The van der Waals surface area contributed by atoms with Gasteiger partial charge in [0.05, 0.1) is 7.11 Å². The number of hydrogen-bond acceptors (Lipinski definition) is 2. The van der Waals surface area contributed by atoms with Crippen molar-refractivity contribution in [2.75, 3.05) is 19.0 Å². The Morgan fingerprint density at radius 1 is 1.53 bits per heavy atom. The number of anilines is 1. The van der Waals surface area contributed by atoms with Crippen LogP contribution in [0.5, 0.6) is 5.75 Å². The predicted molar refractivity (Wildman–Crippen MR) is 68.1 cm³/mol. The molecular formula is C13H16N2O2. The number of carbonyl (C=O) groups excluding carboxylic acids is 1. The van der Waals surface area contributed by atoms with Crippen molar-refractivity contribution in [2.45, 2.75) is 12.8 Å². The number of rotatable bonds is 5. The van der Waals surface area contributed by atoms with Crippen molar-refractivity contribution in [3.05, 3.63) is 24.3 Å². The van der Waals surface area contributed by atoms with E-state index in [0.29, 0.717) is 24.4 Å². The fourth-order valence-corrected chi connectivity index (χ4v) is 1.27. The van der Waals surface area contributed by atoms with Crippen molar-refractivity contribution < 1.29 is 9.53 Å². The van der Waals surface area contributed by atoms with Gasteiger partial charge in [-0.3, -0.25) is 0 Å². The van der Waals surface area contributed by atoms with Crippen LogP contribution < -0.4 is 15.4 Å². The molecule has 0 aliphatic rings. The first kappa shape index (κ1) is 12.9. The summed E-state index contributed by atoms with van der Waals surface area (Å²) in [6.45, 7) is 0.569. The summed E-state index contributed by atoms with van der Waals surface area (Å²) < 4.78 is 5.06. The van der Waals surface area contributed by atoms with Gasteiger partial charge in [-0.25, -0.2) is 4.79 Å². The Kier molecular flexibility index (Phi) is 5.45. The van der Waals surface area contributed by atoms with E-state index < -0.39 is 0 Å². The molecule has 1 rings (SSSR count). The largest absolute Gasteiger partial charge is 0.497 e. The fourth-order valence-electron chi connectivity index (χ4n) is 1.27. The van der Waals surface area contributed by atoms with Crippen LogP contribution in [0.1, 0.15) is 12.8 Å². The van der Waals surface area contributed by atoms with E-state index in [1.54, 1.807) is 19.2 Å². The van der Waals surface area contributed by atoms with Crippen LogP contribution in [-0.2, 0) is 0 Å². The third-order valence-electron chi connectivity index (χ3n) is 2.11. The molecule has 0 fully saturated rings. The van der Waals surface area contributed by atoms with Gasteiger partial charge in [-0.2, -0.15) is 0 Å². The van der Waals surface area contributed by atoms with Gasteiger partial charge in [0.15, 0.2) is 0 Å². The van der Waals surface area contributed by atoms with E-state index in [1.165, 1.54) is 0 Å². The maximum Gasteiger partial charge on any atom is 0.319 e. The Hall–Kier alpha value is -2.15. The molecule has 17 heavy (non-hydrogen) atoms. The first-order valence-electron chi connectivity index (χ1n) is 5.38. The maximum absolute atomic E-state index is 11.5. The second-order valence-electron chi connectivity index (χ2n) is 3.42. The minimum absolute atomic E-state index is 0.240. The van der Waals surface area contributed by atoms with Crippen molar-refractivity contribution in [1.82, 2.24) is 5.32 Å². The van der Waals surface area contributed by atoms with Crippen molar-refractivity contribution in [3.8, 4) is 18.1 Å². The molecule has 0 saturated carbocycles. The van der Waals surface area contributed by atoms with Crippen LogP contribution in [-0.4, -0.2) is 19.7 Å². The van der Waals surface area contributed by atoms with E-state index in [1.807, 2.05) is 12.1 Å². The van der Waals surface area contributed by atoms with Gasteiger partial charge in [0.25, 0.3) is 0 Å². The average Bonchev–Trinajstić information content (AvgIpc) is 2.35.